The molecule has 1 aromatic carbocycles. The van der Waals surface area contributed by atoms with E-state index in [0.717, 1.165) is 23.8 Å². The fourth-order valence-electron chi connectivity index (χ4n) is 3.09. The number of benzene rings is 1. The molecule has 4 rings (SSSR count). The molecule has 2 aliphatic rings. The highest BCUT2D eigenvalue weighted by Gasteiger charge is 2.34. The minimum absolute atomic E-state index is 0.0557. The van der Waals surface area contributed by atoms with E-state index in [4.69, 9.17) is 4.74 Å². The van der Waals surface area contributed by atoms with E-state index in [1.54, 1.807) is 11.9 Å². The second kappa shape index (κ2) is 7.05. The molecule has 1 saturated heterocycles. The molecule has 0 bridgehead atoms. The number of hydrogen-bond acceptors (Lipinski definition) is 6. The van der Waals surface area contributed by atoms with E-state index in [1.165, 1.54) is 16.2 Å². The average Bonchev–Trinajstić information content (AvgIpc) is 3.10. The Kier molecular flexibility index (Phi) is 4.60. The average molecular weight is 372 g/mol. The number of amides is 2. The lowest BCUT2D eigenvalue weighted by atomic mass is 10.2. The third kappa shape index (κ3) is 3.17. The highest BCUT2D eigenvalue weighted by molar-refractivity contribution is 7.18. The molecule has 1 fully saturated rings. The van der Waals surface area contributed by atoms with Gasteiger partial charge in [0.2, 0.25) is 5.91 Å². The maximum Gasteiger partial charge on any atom is 0.268 e. The summed E-state index contributed by atoms with van der Waals surface area (Å²) in [7, 11) is 1.68. The van der Waals surface area contributed by atoms with Gasteiger partial charge in [0.25, 0.3) is 5.91 Å². The number of anilines is 2. The summed E-state index contributed by atoms with van der Waals surface area (Å²) in [5.74, 6) is 0.187. The van der Waals surface area contributed by atoms with Crippen LogP contribution in [0, 0.1) is 0 Å². The Morgan fingerprint density at radius 2 is 1.88 bits per heavy atom. The van der Waals surface area contributed by atoms with Crippen molar-refractivity contribution in [3.05, 3.63) is 40.8 Å². The molecule has 0 saturated carbocycles. The standard InChI is InChI=1S/C18H20N4O3S/c1-20-14(23)12-22(11-13-5-3-2-4-6-13)17(24)15-16(20)19-18(26-15)21-7-9-25-10-8-21/h2-6H,7-12H2,1H3. The number of ether oxygens (including phenoxy) is 1. The number of nitrogens with zero attached hydrogens (tertiary/aromatic N) is 4. The van der Waals surface area contributed by atoms with E-state index in [9.17, 15) is 9.59 Å². The van der Waals surface area contributed by atoms with Crippen LogP contribution < -0.4 is 9.80 Å². The van der Waals surface area contributed by atoms with Crippen LogP contribution in [0.4, 0.5) is 10.9 Å². The van der Waals surface area contributed by atoms with Gasteiger partial charge in [-0.1, -0.05) is 41.7 Å². The Labute approximate surface area is 155 Å². The zero-order valence-corrected chi connectivity index (χ0v) is 15.4. The minimum atomic E-state index is -0.140. The van der Waals surface area contributed by atoms with E-state index in [-0.39, 0.29) is 18.4 Å². The predicted molar refractivity (Wildman–Crippen MR) is 99.7 cm³/mol. The fourth-order valence-corrected chi connectivity index (χ4v) is 4.21. The number of carbonyl (C=O) groups is 2. The summed E-state index contributed by atoms with van der Waals surface area (Å²) >= 11 is 1.36. The molecule has 2 amide bonds. The Bertz CT molecular complexity index is 817. The van der Waals surface area contributed by atoms with Crippen molar-refractivity contribution in [3.63, 3.8) is 0 Å². The van der Waals surface area contributed by atoms with Crippen molar-refractivity contribution in [1.29, 1.82) is 0 Å². The van der Waals surface area contributed by atoms with Gasteiger partial charge in [-0.2, -0.15) is 0 Å². The smallest absolute Gasteiger partial charge is 0.268 e. The SMILES string of the molecule is CN1C(=O)CN(Cc2ccccc2)C(=O)c2sc(N3CCOCC3)nc21. The van der Waals surface area contributed by atoms with E-state index < -0.39 is 0 Å². The van der Waals surface area contributed by atoms with Crippen LogP contribution in [0.2, 0.25) is 0 Å². The van der Waals surface area contributed by atoms with Gasteiger partial charge in [0.15, 0.2) is 10.9 Å². The van der Waals surface area contributed by atoms with Crippen molar-refractivity contribution in [2.75, 3.05) is 49.7 Å². The van der Waals surface area contributed by atoms with E-state index in [2.05, 4.69) is 9.88 Å². The maximum atomic E-state index is 13.1. The first kappa shape index (κ1) is 17.0. The first-order valence-electron chi connectivity index (χ1n) is 8.57. The Balaban J connectivity index is 1.65. The lowest BCUT2D eigenvalue weighted by Gasteiger charge is -2.26. The number of carbonyl (C=O) groups excluding carboxylic acids is 2. The van der Waals surface area contributed by atoms with Crippen LogP contribution >= 0.6 is 11.3 Å². The molecule has 2 aromatic rings. The normalized spacial score (nSPS) is 18.1. The van der Waals surface area contributed by atoms with Gasteiger partial charge >= 0.3 is 0 Å². The van der Waals surface area contributed by atoms with E-state index >= 15 is 0 Å². The van der Waals surface area contributed by atoms with Crippen molar-refractivity contribution in [1.82, 2.24) is 9.88 Å². The van der Waals surface area contributed by atoms with Crippen molar-refractivity contribution in [3.8, 4) is 0 Å². The number of likely N-dealkylation sites (N-methyl/N-ethyl adjacent to an activating group) is 1. The molecule has 7 nitrogen and oxygen atoms in total. The third-order valence-corrected chi connectivity index (χ3v) is 5.69. The first-order chi connectivity index (χ1) is 12.6. The van der Waals surface area contributed by atoms with Gasteiger partial charge in [0.1, 0.15) is 11.4 Å². The summed E-state index contributed by atoms with van der Waals surface area (Å²) in [6, 6.07) is 9.71. The molecule has 8 heteroatoms. The van der Waals surface area contributed by atoms with Crippen molar-refractivity contribution >= 4 is 34.1 Å². The molecule has 0 unspecified atom stereocenters. The lowest BCUT2D eigenvalue weighted by Crippen LogP contribution is -2.38. The molecule has 0 radical (unpaired) electrons. The molecule has 3 heterocycles. The van der Waals surface area contributed by atoms with Crippen molar-refractivity contribution < 1.29 is 14.3 Å². The van der Waals surface area contributed by atoms with E-state index in [0.29, 0.717) is 30.5 Å². The molecule has 1 aromatic heterocycles. The Morgan fingerprint density at radius 3 is 2.62 bits per heavy atom. The fraction of sp³-hybridized carbons (Fsp3) is 0.389. The molecule has 0 N–H and O–H groups in total. The second-order valence-corrected chi connectivity index (χ2v) is 7.33. The van der Waals surface area contributed by atoms with Crippen molar-refractivity contribution in [2.24, 2.45) is 0 Å². The van der Waals surface area contributed by atoms with Gasteiger partial charge in [-0.05, 0) is 5.56 Å². The minimum Gasteiger partial charge on any atom is -0.378 e. The molecular formula is C18H20N4O3S. The summed E-state index contributed by atoms with van der Waals surface area (Å²) in [6.07, 6.45) is 0. The van der Waals surface area contributed by atoms with Crippen LogP contribution in [0.25, 0.3) is 0 Å². The number of rotatable bonds is 3. The molecule has 2 aliphatic heterocycles. The zero-order valence-electron chi connectivity index (χ0n) is 14.6. The van der Waals surface area contributed by atoms with Gasteiger partial charge in [-0.3, -0.25) is 14.5 Å². The number of thiazole rings is 1. The predicted octanol–water partition coefficient (Wildman–Crippen LogP) is 1.60. The topological polar surface area (TPSA) is 66.0 Å². The number of hydrogen-bond donors (Lipinski definition) is 0. The lowest BCUT2D eigenvalue weighted by molar-refractivity contribution is -0.119. The first-order valence-corrected chi connectivity index (χ1v) is 9.38. The second-order valence-electron chi connectivity index (χ2n) is 6.35. The van der Waals surface area contributed by atoms with Gasteiger partial charge < -0.3 is 14.5 Å². The maximum absolute atomic E-state index is 13.1. The molecule has 0 spiro atoms. The third-order valence-electron chi connectivity index (χ3n) is 4.60. The largest absolute Gasteiger partial charge is 0.378 e. The highest BCUT2D eigenvalue weighted by Crippen LogP contribution is 2.35. The summed E-state index contributed by atoms with van der Waals surface area (Å²) in [5, 5.41) is 0.771. The summed E-state index contributed by atoms with van der Waals surface area (Å²) < 4.78 is 5.38. The Morgan fingerprint density at radius 1 is 1.15 bits per heavy atom. The van der Waals surface area contributed by atoms with Crippen LogP contribution in [-0.4, -0.2) is 61.6 Å². The van der Waals surface area contributed by atoms with Crippen LogP contribution in [0.5, 0.6) is 0 Å². The molecule has 0 aliphatic carbocycles. The van der Waals surface area contributed by atoms with Gasteiger partial charge in [-0.15, -0.1) is 0 Å². The van der Waals surface area contributed by atoms with Crippen LogP contribution in [0.15, 0.2) is 30.3 Å². The van der Waals surface area contributed by atoms with Gasteiger partial charge in [0.05, 0.1) is 13.2 Å². The van der Waals surface area contributed by atoms with Crippen LogP contribution in [0.3, 0.4) is 0 Å². The van der Waals surface area contributed by atoms with E-state index in [1.807, 2.05) is 30.3 Å². The highest BCUT2D eigenvalue weighted by atomic mass is 32.1. The number of fused-ring (bicyclic) bond motifs is 1. The van der Waals surface area contributed by atoms with Crippen molar-refractivity contribution in [2.45, 2.75) is 6.54 Å². The number of aromatic nitrogens is 1. The molecule has 136 valence electrons. The van der Waals surface area contributed by atoms with Crippen LogP contribution in [-0.2, 0) is 16.1 Å². The Hall–Kier alpha value is -2.45. The number of morpholine rings is 1. The monoisotopic (exact) mass is 372 g/mol. The van der Waals surface area contributed by atoms with Gasteiger partial charge in [0, 0.05) is 26.7 Å². The molecule has 0 atom stereocenters. The summed E-state index contributed by atoms with van der Waals surface area (Å²) in [6.45, 7) is 3.24. The summed E-state index contributed by atoms with van der Waals surface area (Å²) in [4.78, 5) is 36.0. The summed E-state index contributed by atoms with van der Waals surface area (Å²) in [5.41, 5.74) is 0.998. The quantitative estimate of drug-likeness (QED) is 0.819. The van der Waals surface area contributed by atoms with Gasteiger partial charge in [-0.25, -0.2) is 4.98 Å². The molecular weight excluding hydrogens is 352 g/mol. The molecule has 26 heavy (non-hydrogen) atoms. The van der Waals surface area contributed by atoms with Crippen LogP contribution in [0.1, 0.15) is 15.2 Å². The zero-order chi connectivity index (χ0) is 18.1.